The molecule has 0 saturated carbocycles. The quantitative estimate of drug-likeness (QED) is 0.459. The number of nitrogens with one attached hydrogen (secondary N) is 2. The van der Waals surface area contributed by atoms with E-state index in [9.17, 15) is 0 Å². The lowest BCUT2D eigenvalue weighted by molar-refractivity contribution is 0.284. The molecular weight excluding hydrogens is 102 g/mol. The van der Waals surface area contributed by atoms with Crippen molar-refractivity contribution in [1.29, 1.82) is 0 Å². The van der Waals surface area contributed by atoms with Crippen molar-refractivity contribution >= 4 is 0 Å². The molecule has 2 aliphatic heterocycles. The first-order chi connectivity index (χ1) is 3.97. The van der Waals surface area contributed by atoms with Crippen LogP contribution in [-0.2, 0) is 0 Å². The van der Waals surface area contributed by atoms with Crippen molar-refractivity contribution in [1.82, 2.24) is 16.0 Å². The minimum atomic E-state index is 1.15. The van der Waals surface area contributed by atoms with Crippen LogP contribution in [0.25, 0.3) is 0 Å². The van der Waals surface area contributed by atoms with E-state index in [2.05, 4.69) is 16.0 Å². The lowest BCUT2D eigenvalue weighted by atomic mass is 10.3. The number of rotatable bonds is 0. The molecule has 0 spiro atoms. The van der Waals surface area contributed by atoms with Gasteiger partial charge in [0.25, 0.3) is 0 Å². The van der Waals surface area contributed by atoms with Crippen molar-refractivity contribution in [3.05, 3.63) is 11.9 Å². The minimum Gasteiger partial charge on any atom is -0.309 e. The molecule has 0 aromatic carbocycles. The van der Waals surface area contributed by atoms with Gasteiger partial charge >= 0.3 is 0 Å². The van der Waals surface area contributed by atoms with E-state index in [4.69, 9.17) is 0 Å². The summed E-state index contributed by atoms with van der Waals surface area (Å²) >= 11 is 0. The second kappa shape index (κ2) is 1.39. The summed E-state index contributed by atoms with van der Waals surface area (Å²) < 4.78 is 0. The molecule has 0 aliphatic carbocycles. The standard InChI is InChI=1S/C5H9N3/c1-2-5-4-6-7-8(5)3-1/h4,6-7H,1-3H2. The van der Waals surface area contributed by atoms with Crippen LogP contribution < -0.4 is 11.0 Å². The second-order valence-corrected chi connectivity index (χ2v) is 2.15. The lowest BCUT2D eigenvalue weighted by Gasteiger charge is -2.10. The van der Waals surface area contributed by atoms with Gasteiger partial charge in [0.1, 0.15) is 0 Å². The highest BCUT2D eigenvalue weighted by Gasteiger charge is 2.19. The predicted octanol–water partition coefficient (Wildman–Crippen LogP) is -0.0536. The van der Waals surface area contributed by atoms with Crippen LogP contribution in [0.4, 0.5) is 0 Å². The van der Waals surface area contributed by atoms with E-state index in [0.29, 0.717) is 0 Å². The van der Waals surface area contributed by atoms with Gasteiger partial charge in [-0.15, -0.1) is 5.53 Å². The summed E-state index contributed by atoms with van der Waals surface area (Å²) in [5.74, 6) is 0. The van der Waals surface area contributed by atoms with E-state index in [1.807, 2.05) is 6.20 Å². The fourth-order valence-corrected chi connectivity index (χ4v) is 1.17. The van der Waals surface area contributed by atoms with Gasteiger partial charge in [-0.1, -0.05) is 0 Å². The van der Waals surface area contributed by atoms with E-state index < -0.39 is 0 Å². The zero-order chi connectivity index (χ0) is 5.40. The van der Waals surface area contributed by atoms with Gasteiger partial charge in [-0.3, -0.25) is 5.01 Å². The topological polar surface area (TPSA) is 27.3 Å². The van der Waals surface area contributed by atoms with E-state index in [-0.39, 0.29) is 0 Å². The molecule has 2 rings (SSSR count). The Bertz CT molecular complexity index is 130. The van der Waals surface area contributed by atoms with Crippen LogP contribution in [0.15, 0.2) is 11.9 Å². The summed E-state index contributed by atoms with van der Waals surface area (Å²) in [6.07, 6.45) is 4.54. The fourth-order valence-electron chi connectivity index (χ4n) is 1.17. The summed E-state index contributed by atoms with van der Waals surface area (Å²) in [7, 11) is 0. The molecule has 0 bridgehead atoms. The molecule has 44 valence electrons. The third kappa shape index (κ3) is 0.419. The second-order valence-electron chi connectivity index (χ2n) is 2.15. The zero-order valence-corrected chi connectivity index (χ0v) is 4.65. The van der Waals surface area contributed by atoms with Gasteiger partial charge in [0.15, 0.2) is 0 Å². The molecule has 2 heterocycles. The Labute approximate surface area is 48.3 Å². The summed E-state index contributed by atoms with van der Waals surface area (Å²) in [5.41, 5.74) is 7.34. The van der Waals surface area contributed by atoms with Crippen molar-refractivity contribution < 1.29 is 0 Å². The average molecular weight is 111 g/mol. The molecule has 2 aliphatic rings. The van der Waals surface area contributed by atoms with Crippen LogP contribution in [0, 0.1) is 0 Å². The molecule has 0 unspecified atom stereocenters. The Kier molecular flexibility index (Phi) is 0.729. The largest absolute Gasteiger partial charge is 0.309 e. The predicted molar refractivity (Wildman–Crippen MR) is 30.3 cm³/mol. The third-order valence-electron chi connectivity index (χ3n) is 1.60. The lowest BCUT2D eigenvalue weighted by Crippen LogP contribution is -2.35. The Balaban J connectivity index is 2.20. The van der Waals surface area contributed by atoms with Crippen LogP contribution in [0.2, 0.25) is 0 Å². The summed E-state index contributed by atoms with van der Waals surface area (Å²) in [5, 5.41) is 2.14. The van der Waals surface area contributed by atoms with Crippen LogP contribution in [-0.4, -0.2) is 11.6 Å². The van der Waals surface area contributed by atoms with Gasteiger partial charge in [-0.05, 0) is 12.8 Å². The Hall–Kier alpha value is -0.700. The first-order valence-electron chi connectivity index (χ1n) is 2.94. The molecule has 1 fully saturated rings. The molecule has 0 aromatic rings. The van der Waals surface area contributed by atoms with Gasteiger partial charge in [0, 0.05) is 18.4 Å². The average Bonchev–Trinajstić information content (AvgIpc) is 2.15. The zero-order valence-electron chi connectivity index (χ0n) is 4.65. The van der Waals surface area contributed by atoms with E-state index >= 15 is 0 Å². The maximum Gasteiger partial charge on any atom is 0.0483 e. The number of hydrogen-bond donors (Lipinski definition) is 2. The summed E-state index contributed by atoms with van der Waals surface area (Å²) in [6.45, 7) is 1.15. The molecule has 8 heavy (non-hydrogen) atoms. The van der Waals surface area contributed by atoms with E-state index in [0.717, 1.165) is 6.54 Å². The molecule has 0 radical (unpaired) electrons. The van der Waals surface area contributed by atoms with Gasteiger partial charge in [-0.2, -0.15) is 0 Å². The maximum absolute atomic E-state index is 3.01. The number of allylic oxidation sites excluding steroid dienone is 1. The molecule has 3 heteroatoms. The molecule has 0 atom stereocenters. The highest BCUT2D eigenvalue weighted by Crippen LogP contribution is 2.18. The van der Waals surface area contributed by atoms with Gasteiger partial charge in [0.2, 0.25) is 0 Å². The van der Waals surface area contributed by atoms with Crippen LogP contribution in [0.1, 0.15) is 12.8 Å². The van der Waals surface area contributed by atoms with Crippen LogP contribution >= 0.6 is 0 Å². The third-order valence-corrected chi connectivity index (χ3v) is 1.60. The molecule has 0 aromatic heterocycles. The minimum absolute atomic E-state index is 1.15. The van der Waals surface area contributed by atoms with Crippen LogP contribution in [0.3, 0.4) is 0 Å². The van der Waals surface area contributed by atoms with E-state index in [1.165, 1.54) is 18.5 Å². The smallest absolute Gasteiger partial charge is 0.0483 e. The van der Waals surface area contributed by atoms with E-state index in [1.54, 1.807) is 0 Å². The monoisotopic (exact) mass is 111 g/mol. The van der Waals surface area contributed by atoms with Crippen molar-refractivity contribution in [2.24, 2.45) is 0 Å². The van der Waals surface area contributed by atoms with Gasteiger partial charge in [0.05, 0.1) is 0 Å². The Morgan fingerprint density at radius 1 is 1.62 bits per heavy atom. The number of hydrogen-bond acceptors (Lipinski definition) is 3. The molecule has 2 N–H and O–H groups in total. The number of hydrazine groups is 2. The Morgan fingerprint density at radius 2 is 2.62 bits per heavy atom. The normalized spacial score (nSPS) is 25.0. The molecular formula is C5H9N3. The van der Waals surface area contributed by atoms with Crippen molar-refractivity contribution in [2.75, 3.05) is 6.54 Å². The maximum atomic E-state index is 3.01. The molecule has 3 nitrogen and oxygen atoms in total. The van der Waals surface area contributed by atoms with Gasteiger partial charge in [-0.25, -0.2) is 0 Å². The highest BCUT2D eigenvalue weighted by molar-refractivity contribution is 5.06. The Morgan fingerprint density at radius 3 is 3.50 bits per heavy atom. The summed E-state index contributed by atoms with van der Waals surface area (Å²) in [4.78, 5) is 0. The molecule has 1 saturated heterocycles. The van der Waals surface area contributed by atoms with Crippen LogP contribution in [0.5, 0.6) is 0 Å². The van der Waals surface area contributed by atoms with Gasteiger partial charge < -0.3 is 5.43 Å². The molecule has 0 amide bonds. The fraction of sp³-hybridized carbons (Fsp3) is 0.600. The summed E-state index contributed by atoms with van der Waals surface area (Å²) in [6, 6.07) is 0. The first kappa shape index (κ1) is 4.21. The number of fused-ring (bicyclic) bond motifs is 1. The number of nitrogens with zero attached hydrogens (tertiary/aromatic N) is 1. The van der Waals surface area contributed by atoms with Crippen molar-refractivity contribution in [3.63, 3.8) is 0 Å². The van der Waals surface area contributed by atoms with Crippen molar-refractivity contribution in [2.45, 2.75) is 12.8 Å². The van der Waals surface area contributed by atoms with Crippen molar-refractivity contribution in [3.8, 4) is 0 Å². The SMILES string of the molecule is C1=C2CCCN2NN1. The highest BCUT2D eigenvalue weighted by atomic mass is 15.7. The first-order valence-corrected chi connectivity index (χ1v) is 2.94.